The van der Waals surface area contributed by atoms with Gasteiger partial charge in [-0.15, -0.1) is 0 Å². The van der Waals surface area contributed by atoms with E-state index in [4.69, 9.17) is 5.11 Å². The molecule has 0 aliphatic heterocycles. The average molecular weight is 226 g/mol. The van der Waals surface area contributed by atoms with Gasteiger partial charge < -0.3 is 10.6 Å². The Morgan fingerprint density at radius 2 is 1.31 bits per heavy atom. The number of hydrogen-bond acceptors (Lipinski definition) is 1. The molecule has 0 aromatic heterocycles. The van der Waals surface area contributed by atoms with Crippen LogP contribution in [0, 0.1) is 11.8 Å². The number of rotatable bonds is 0. The van der Waals surface area contributed by atoms with Gasteiger partial charge in [0.15, 0.2) is 0 Å². The van der Waals surface area contributed by atoms with Crippen molar-refractivity contribution >= 4 is 0 Å². The quantitative estimate of drug-likeness (QED) is 0.721. The van der Waals surface area contributed by atoms with E-state index >= 15 is 0 Å². The van der Waals surface area contributed by atoms with Gasteiger partial charge in [-0.1, -0.05) is 57.7 Å². The Balaban J connectivity index is 0. The lowest BCUT2D eigenvalue weighted by Gasteiger charge is -2.22. The van der Waals surface area contributed by atoms with Crippen LogP contribution in [0.4, 0.5) is 0 Å². The molecule has 94 valence electrons. The van der Waals surface area contributed by atoms with Crippen molar-refractivity contribution in [1.29, 1.82) is 0 Å². The zero-order valence-corrected chi connectivity index (χ0v) is 10.3. The van der Waals surface area contributed by atoms with Crippen molar-refractivity contribution in [1.82, 2.24) is 0 Å². The lowest BCUT2D eigenvalue weighted by atomic mass is 9.84. The van der Waals surface area contributed by atoms with E-state index in [1.807, 2.05) is 6.07 Å². The van der Waals surface area contributed by atoms with E-state index in [9.17, 15) is 0 Å². The standard InChI is InChI=1S/C8H16.C6H6O.H2O.H2/c1-7-3-5-8(2)6-4-7;7-6-4-2-1-3-5-6;;/h7-8H,3-6H2,1-2H3;1-5,7H;1H2;1H. The minimum absolute atomic E-state index is 0. The molecule has 0 heterocycles. The van der Waals surface area contributed by atoms with Crippen molar-refractivity contribution in [3.05, 3.63) is 30.3 Å². The predicted octanol–water partition coefficient (Wildman–Crippen LogP) is 3.65. The normalized spacial score (nSPS) is 23.6. The van der Waals surface area contributed by atoms with Crippen molar-refractivity contribution in [2.24, 2.45) is 11.8 Å². The van der Waals surface area contributed by atoms with Gasteiger partial charge in [-0.2, -0.15) is 0 Å². The van der Waals surface area contributed by atoms with Crippen LogP contribution in [-0.4, -0.2) is 10.6 Å². The van der Waals surface area contributed by atoms with E-state index in [-0.39, 0.29) is 6.90 Å². The molecule has 1 aromatic carbocycles. The van der Waals surface area contributed by atoms with E-state index in [0.29, 0.717) is 5.75 Å². The van der Waals surface area contributed by atoms with Crippen LogP contribution >= 0.6 is 0 Å². The van der Waals surface area contributed by atoms with Gasteiger partial charge in [-0.05, 0) is 24.0 Å². The van der Waals surface area contributed by atoms with Crippen LogP contribution in [0.2, 0.25) is 0 Å². The molecular weight excluding hydrogens is 200 g/mol. The zero-order valence-electron chi connectivity index (χ0n) is 10.3. The topological polar surface area (TPSA) is 51.7 Å². The Hall–Kier alpha value is -1.02. The third-order valence-corrected chi connectivity index (χ3v) is 3.06. The molecule has 0 saturated heterocycles. The molecule has 3 N–H and O–H groups in total. The third-order valence-electron chi connectivity index (χ3n) is 3.06. The number of phenolic OH excluding ortho intramolecular Hbond substituents is 1. The van der Waals surface area contributed by atoms with E-state index in [2.05, 4.69) is 13.8 Å². The number of benzene rings is 1. The first-order valence-electron chi connectivity index (χ1n) is 5.92. The Morgan fingerprint density at radius 1 is 0.938 bits per heavy atom. The summed E-state index contributed by atoms with van der Waals surface area (Å²) in [5.74, 6) is 2.36. The molecule has 1 aromatic rings. The molecule has 2 heteroatoms. The summed E-state index contributed by atoms with van der Waals surface area (Å²) in [6, 6.07) is 8.71. The number of hydrogen-bond donors (Lipinski definition) is 1. The largest absolute Gasteiger partial charge is 0.508 e. The number of phenols is 1. The summed E-state index contributed by atoms with van der Waals surface area (Å²) in [6.07, 6.45) is 5.89. The molecule has 0 unspecified atom stereocenters. The summed E-state index contributed by atoms with van der Waals surface area (Å²) in [5.41, 5.74) is 0. The highest BCUT2D eigenvalue weighted by Crippen LogP contribution is 2.27. The Labute approximate surface area is 100 Å². The van der Waals surface area contributed by atoms with Crippen LogP contribution in [0.3, 0.4) is 0 Å². The maximum Gasteiger partial charge on any atom is 0.115 e. The predicted molar refractivity (Wildman–Crippen MR) is 70.6 cm³/mol. The minimum atomic E-state index is 0. The summed E-state index contributed by atoms with van der Waals surface area (Å²) in [6.45, 7) is 4.73. The monoisotopic (exact) mass is 226 g/mol. The second-order valence-electron chi connectivity index (χ2n) is 4.70. The van der Waals surface area contributed by atoms with Gasteiger partial charge in [0.25, 0.3) is 0 Å². The van der Waals surface area contributed by atoms with E-state index in [0.717, 1.165) is 11.8 Å². The van der Waals surface area contributed by atoms with Crippen LogP contribution in [-0.2, 0) is 0 Å². The second-order valence-corrected chi connectivity index (χ2v) is 4.70. The van der Waals surface area contributed by atoms with Crippen molar-refractivity contribution < 1.29 is 12.0 Å². The van der Waals surface area contributed by atoms with Gasteiger partial charge in [-0.25, -0.2) is 0 Å². The molecule has 1 saturated carbocycles. The maximum absolute atomic E-state index is 8.63. The van der Waals surface area contributed by atoms with Crippen LogP contribution in [0.15, 0.2) is 30.3 Å². The van der Waals surface area contributed by atoms with Crippen molar-refractivity contribution in [2.45, 2.75) is 39.5 Å². The second kappa shape index (κ2) is 8.17. The molecule has 0 spiro atoms. The van der Waals surface area contributed by atoms with Crippen LogP contribution in [0.5, 0.6) is 5.75 Å². The number of para-hydroxylation sites is 1. The summed E-state index contributed by atoms with van der Waals surface area (Å²) in [5, 5.41) is 8.63. The summed E-state index contributed by atoms with van der Waals surface area (Å²) >= 11 is 0. The molecule has 1 aliphatic rings. The zero-order chi connectivity index (χ0) is 11.1. The summed E-state index contributed by atoms with van der Waals surface area (Å²) < 4.78 is 0. The first-order chi connectivity index (χ1) is 7.18. The molecule has 1 aliphatic carbocycles. The fourth-order valence-electron chi connectivity index (χ4n) is 1.85. The lowest BCUT2D eigenvalue weighted by molar-refractivity contribution is 0.308. The van der Waals surface area contributed by atoms with Gasteiger partial charge in [0, 0.05) is 1.43 Å². The van der Waals surface area contributed by atoms with Crippen molar-refractivity contribution in [3.8, 4) is 5.75 Å². The molecule has 2 nitrogen and oxygen atoms in total. The van der Waals surface area contributed by atoms with Crippen LogP contribution in [0.1, 0.15) is 41.0 Å². The van der Waals surface area contributed by atoms with Gasteiger partial charge in [0.1, 0.15) is 5.75 Å². The minimum Gasteiger partial charge on any atom is -0.508 e. The Kier molecular flexibility index (Phi) is 7.65. The van der Waals surface area contributed by atoms with Crippen LogP contribution in [0.25, 0.3) is 0 Å². The molecule has 0 atom stereocenters. The molecule has 0 amide bonds. The number of aromatic hydroxyl groups is 1. The molecular formula is C14H26O2. The smallest absolute Gasteiger partial charge is 0.115 e. The summed E-state index contributed by atoms with van der Waals surface area (Å²) in [4.78, 5) is 0. The van der Waals surface area contributed by atoms with Crippen molar-refractivity contribution in [2.75, 3.05) is 0 Å². The highest BCUT2D eigenvalue weighted by molar-refractivity contribution is 5.18. The first-order valence-corrected chi connectivity index (χ1v) is 5.92. The SMILES string of the molecule is CC1CCC(C)CC1.O.Oc1ccccc1.[HH]. The maximum atomic E-state index is 8.63. The first kappa shape index (κ1) is 15.0. The highest BCUT2D eigenvalue weighted by Gasteiger charge is 2.13. The molecule has 0 bridgehead atoms. The Morgan fingerprint density at radius 3 is 1.56 bits per heavy atom. The van der Waals surface area contributed by atoms with Crippen molar-refractivity contribution in [3.63, 3.8) is 0 Å². The molecule has 16 heavy (non-hydrogen) atoms. The molecule has 0 radical (unpaired) electrons. The van der Waals surface area contributed by atoms with E-state index < -0.39 is 0 Å². The fourth-order valence-corrected chi connectivity index (χ4v) is 1.85. The van der Waals surface area contributed by atoms with E-state index in [1.165, 1.54) is 25.7 Å². The lowest BCUT2D eigenvalue weighted by Crippen LogP contribution is -2.08. The van der Waals surface area contributed by atoms with Gasteiger partial charge in [-0.3, -0.25) is 0 Å². The van der Waals surface area contributed by atoms with Gasteiger partial charge >= 0.3 is 0 Å². The average Bonchev–Trinajstić information content (AvgIpc) is 2.25. The Bertz CT molecular complexity index is 246. The highest BCUT2D eigenvalue weighted by atomic mass is 16.3. The summed E-state index contributed by atoms with van der Waals surface area (Å²) in [7, 11) is 0. The molecule has 2 rings (SSSR count). The van der Waals surface area contributed by atoms with Gasteiger partial charge in [0.05, 0.1) is 0 Å². The van der Waals surface area contributed by atoms with Gasteiger partial charge in [0.2, 0.25) is 0 Å². The molecule has 1 fully saturated rings. The van der Waals surface area contributed by atoms with E-state index in [1.54, 1.807) is 24.3 Å². The third kappa shape index (κ3) is 6.46. The fraction of sp³-hybridized carbons (Fsp3) is 0.571. The van der Waals surface area contributed by atoms with Crippen LogP contribution < -0.4 is 0 Å².